The zero-order chi connectivity index (χ0) is 27.2. The van der Waals surface area contributed by atoms with Crippen LogP contribution < -0.4 is 0 Å². The lowest BCUT2D eigenvalue weighted by atomic mass is 10.1. The SMILES string of the molecule is Fc1ccc(-n2c3ccccc3c3c4oc5c(ccc6c5c5ccccc5n6-c5ccc(F)cc5)c4ccc32)cc1. The van der Waals surface area contributed by atoms with Gasteiger partial charge in [0.25, 0.3) is 0 Å². The summed E-state index contributed by atoms with van der Waals surface area (Å²) in [4.78, 5) is 0. The molecule has 0 saturated carbocycles. The van der Waals surface area contributed by atoms with Crippen molar-refractivity contribution in [1.82, 2.24) is 9.13 Å². The molecule has 0 radical (unpaired) electrons. The van der Waals surface area contributed by atoms with Gasteiger partial charge in [-0.1, -0.05) is 36.4 Å². The van der Waals surface area contributed by atoms with E-state index in [1.54, 1.807) is 24.3 Å². The molecule has 5 heteroatoms. The highest BCUT2D eigenvalue weighted by Gasteiger charge is 2.22. The second-order valence-electron chi connectivity index (χ2n) is 10.4. The number of fused-ring (bicyclic) bond motifs is 11. The first-order chi connectivity index (χ1) is 20.2. The van der Waals surface area contributed by atoms with Crippen molar-refractivity contribution in [3.8, 4) is 11.4 Å². The van der Waals surface area contributed by atoms with Gasteiger partial charge in [-0.15, -0.1) is 0 Å². The van der Waals surface area contributed by atoms with Gasteiger partial charge in [-0.2, -0.15) is 0 Å². The first kappa shape index (κ1) is 22.4. The average Bonchev–Trinajstić information content (AvgIpc) is 3.65. The number of para-hydroxylation sites is 2. The highest BCUT2D eigenvalue weighted by molar-refractivity contribution is 6.28. The summed E-state index contributed by atoms with van der Waals surface area (Å²) in [6, 6.07) is 38.2. The smallest absolute Gasteiger partial charge is 0.145 e. The Morgan fingerprint density at radius 1 is 0.390 bits per heavy atom. The summed E-state index contributed by atoms with van der Waals surface area (Å²) in [7, 11) is 0. The van der Waals surface area contributed by atoms with Gasteiger partial charge in [0.05, 0.1) is 32.8 Å². The quantitative estimate of drug-likeness (QED) is 0.216. The molecule has 0 atom stereocenters. The Hall–Kier alpha value is -5.42. The molecule has 0 aliphatic heterocycles. The van der Waals surface area contributed by atoms with Crippen molar-refractivity contribution in [2.24, 2.45) is 0 Å². The number of benzene rings is 6. The van der Waals surface area contributed by atoms with E-state index in [9.17, 15) is 8.78 Å². The van der Waals surface area contributed by atoms with Crippen molar-refractivity contribution in [2.75, 3.05) is 0 Å². The van der Waals surface area contributed by atoms with Gasteiger partial charge in [0.15, 0.2) is 0 Å². The molecule has 0 bridgehead atoms. The number of hydrogen-bond acceptors (Lipinski definition) is 1. The third-order valence-corrected chi connectivity index (χ3v) is 8.25. The predicted molar refractivity (Wildman–Crippen MR) is 162 cm³/mol. The third kappa shape index (κ3) is 3.00. The molecular weight excluding hydrogens is 514 g/mol. The fourth-order valence-corrected chi connectivity index (χ4v) is 6.53. The molecule has 41 heavy (non-hydrogen) atoms. The van der Waals surface area contributed by atoms with Gasteiger partial charge in [-0.05, 0) is 84.9 Å². The van der Waals surface area contributed by atoms with Crippen LogP contribution in [0.2, 0.25) is 0 Å². The van der Waals surface area contributed by atoms with Gasteiger partial charge in [0, 0.05) is 32.9 Å². The van der Waals surface area contributed by atoms with E-state index in [1.165, 1.54) is 24.3 Å². The maximum atomic E-state index is 13.8. The summed E-state index contributed by atoms with van der Waals surface area (Å²) in [6.45, 7) is 0. The van der Waals surface area contributed by atoms with Crippen LogP contribution in [-0.4, -0.2) is 9.13 Å². The summed E-state index contributed by atoms with van der Waals surface area (Å²) in [5.74, 6) is -0.531. The van der Waals surface area contributed by atoms with Crippen molar-refractivity contribution in [3.63, 3.8) is 0 Å². The van der Waals surface area contributed by atoms with Crippen LogP contribution in [-0.2, 0) is 0 Å². The first-order valence-corrected chi connectivity index (χ1v) is 13.5. The normalized spacial score (nSPS) is 12.1. The summed E-state index contributed by atoms with van der Waals surface area (Å²) in [6.07, 6.45) is 0. The fraction of sp³-hybridized carbons (Fsp3) is 0. The largest absolute Gasteiger partial charge is 0.455 e. The van der Waals surface area contributed by atoms with E-state index < -0.39 is 0 Å². The molecule has 0 amide bonds. The molecule has 0 saturated heterocycles. The fourth-order valence-electron chi connectivity index (χ4n) is 6.53. The second kappa shape index (κ2) is 8.05. The van der Waals surface area contributed by atoms with E-state index in [4.69, 9.17) is 4.42 Å². The van der Waals surface area contributed by atoms with E-state index >= 15 is 0 Å². The lowest BCUT2D eigenvalue weighted by Crippen LogP contribution is -1.93. The number of furan rings is 1. The van der Waals surface area contributed by atoms with Gasteiger partial charge in [-0.3, -0.25) is 0 Å². The molecule has 0 aliphatic carbocycles. The van der Waals surface area contributed by atoms with Crippen LogP contribution in [0.15, 0.2) is 126 Å². The molecule has 0 fully saturated rings. The Balaban J connectivity index is 1.43. The molecule has 6 aromatic carbocycles. The van der Waals surface area contributed by atoms with Gasteiger partial charge < -0.3 is 13.6 Å². The summed E-state index contributed by atoms with van der Waals surface area (Å²) >= 11 is 0. The monoisotopic (exact) mass is 534 g/mol. The van der Waals surface area contributed by atoms with Crippen LogP contribution in [0.3, 0.4) is 0 Å². The number of rotatable bonds is 2. The van der Waals surface area contributed by atoms with Crippen LogP contribution >= 0.6 is 0 Å². The highest BCUT2D eigenvalue weighted by atomic mass is 19.1. The Kier molecular flexibility index (Phi) is 4.40. The van der Waals surface area contributed by atoms with Crippen LogP contribution in [0.4, 0.5) is 8.78 Å². The molecule has 9 aromatic rings. The van der Waals surface area contributed by atoms with Gasteiger partial charge in [-0.25, -0.2) is 8.78 Å². The number of hydrogen-bond donors (Lipinski definition) is 0. The zero-order valence-electron chi connectivity index (χ0n) is 21.6. The summed E-state index contributed by atoms with van der Waals surface area (Å²) < 4.78 is 38.8. The maximum Gasteiger partial charge on any atom is 0.145 e. The predicted octanol–water partition coefficient (Wildman–Crippen LogP) is 10.1. The van der Waals surface area contributed by atoms with E-state index in [2.05, 4.69) is 57.7 Å². The molecular formula is C36H20F2N2O. The molecule has 3 heterocycles. The van der Waals surface area contributed by atoms with Crippen LogP contribution in [0.1, 0.15) is 0 Å². The van der Waals surface area contributed by atoms with Crippen LogP contribution in [0.25, 0.3) is 76.9 Å². The molecule has 3 nitrogen and oxygen atoms in total. The Labute approximate surface area is 232 Å². The van der Waals surface area contributed by atoms with Crippen molar-refractivity contribution in [3.05, 3.63) is 133 Å². The van der Waals surface area contributed by atoms with Crippen LogP contribution in [0, 0.1) is 11.6 Å². The lowest BCUT2D eigenvalue weighted by Gasteiger charge is -2.07. The minimum atomic E-state index is -0.266. The van der Waals surface area contributed by atoms with E-state index in [0.29, 0.717) is 0 Å². The average molecular weight is 535 g/mol. The first-order valence-electron chi connectivity index (χ1n) is 13.5. The molecule has 3 aromatic heterocycles. The van der Waals surface area contributed by atoms with Gasteiger partial charge >= 0.3 is 0 Å². The Morgan fingerprint density at radius 3 is 1.24 bits per heavy atom. The molecule has 194 valence electrons. The molecule has 0 unspecified atom stereocenters. The molecule has 0 N–H and O–H groups in total. The second-order valence-corrected chi connectivity index (χ2v) is 10.4. The van der Waals surface area contributed by atoms with Gasteiger partial charge in [0.2, 0.25) is 0 Å². The lowest BCUT2D eigenvalue weighted by molar-refractivity contribution is 0.627. The minimum absolute atomic E-state index is 0.266. The maximum absolute atomic E-state index is 13.8. The standard InChI is InChI=1S/C36H20F2N2O/c37-21-9-13-23(14-10-21)39-29-7-3-1-5-27(29)33-31(39)19-17-25-26-18-20-32-34(36(26)41-35(25)33)28-6-2-4-8-30(28)40(32)24-15-11-22(38)12-16-24/h1-20H. The van der Waals surface area contributed by atoms with Crippen molar-refractivity contribution >= 4 is 65.6 Å². The van der Waals surface area contributed by atoms with Crippen LogP contribution in [0.5, 0.6) is 0 Å². The van der Waals surface area contributed by atoms with E-state index in [-0.39, 0.29) is 11.6 Å². The topological polar surface area (TPSA) is 23.0 Å². The highest BCUT2D eigenvalue weighted by Crippen LogP contribution is 2.44. The number of halogens is 2. The zero-order valence-corrected chi connectivity index (χ0v) is 21.6. The molecule has 0 aliphatic rings. The Bertz CT molecular complexity index is 2310. The summed E-state index contributed by atoms with van der Waals surface area (Å²) in [5, 5.41) is 6.26. The van der Waals surface area contributed by atoms with Crippen molar-refractivity contribution in [1.29, 1.82) is 0 Å². The third-order valence-electron chi connectivity index (χ3n) is 8.25. The molecule has 0 spiro atoms. The van der Waals surface area contributed by atoms with Crippen molar-refractivity contribution < 1.29 is 13.2 Å². The number of aromatic nitrogens is 2. The van der Waals surface area contributed by atoms with Crippen molar-refractivity contribution in [2.45, 2.75) is 0 Å². The van der Waals surface area contributed by atoms with E-state index in [1.807, 2.05) is 24.3 Å². The van der Waals surface area contributed by atoms with Gasteiger partial charge in [0.1, 0.15) is 22.8 Å². The number of nitrogens with zero attached hydrogens (tertiary/aromatic N) is 2. The van der Waals surface area contributed by atoms with E-state index in [0.717, 1.165) is 76.9 Å². The molecule has 9 rings (SSSR count). The minimum Gasteiger partial charge on any atom is -0.455 e. The Morgan fingerprint density at radius 2 is 0.805 bits per heavy atom. The summed E-state index contributed by atoms with van der Waals surface area (Å²) in [5.41, 5.74) is 7.46.